The maximum atomic E-state index is 12.4. The molecular formula is C13H18F3NOS. The quantitative estimate of drug-likeness (QED) is 0.846. The minimum atomic E-state index is -4.31. The summed E-state index contributed by atoms with van der Waals surface area (Å²) in [7, 11) is 0. The molecule has 0 radical (unpaired) electrons. The molecule has 2 unspecified atom stereocenters. The van der Waals surface area contributed by atoms with Crippen LogP contribution in [0.1, 0.15) is 30.5 Å². The molecule has 19 heavy (non-hydrogen) atoms. The average molecular weight is 293 g/mol. The normalized spacial score (nSPS) is 15.3. The van der Waals surface area contributed by atoms with Gasteiger partial charge in [-0.1, -0.05) is 19.1 Å². The molecule has 0 aliphatic rings. The van der Waals surface area contributed by atoms with Crippen molar-refractivity contribution in [2.24, 2.45) is 5.73 Å². The molecule has 1 aromatic carbocycles. The molecule has 0 aliphatic heterocycles. The predicted octanol–water partition coefficient (Wildman–Crippen LogP) is 3.21. The Kier molecular flexibility index (Phi) is 6.16. The van der Waals surface area contributed by atoms with E-state index in [9.17, 15) is 13.2 Å². The van der Waals surface area contributed by atoms with Gasteiger partial charge < -0.3 is 10.8 Å². The molecule has 0 bridgehead atoms. The summed E-state index contributed by atoms with van der Waals surface area (Å²) in [5, 5.41) is 9.06. The first-order valence-corrected chi connectivity index (χ1v) is 7.04. The number of aliphatic hydroxyl groups is 1. The first kappa shape index (κ1) is 16.3. The van der Waals surface area contributed by atoms with E-state index in [2.05, 4.69) is 0 Å². The second kappa shape index (κ2) is 7.17. The van der Waals surface area contributed by atoms with Gasteiger partial charge in [0.25, 0.3) is 0 Å². The van der Waals surface area contributed by atoms with Crippen LogP contribution in [-0.2, 0) is 6.18 Å². The van der Waals surface area contributed by atoms with Crippen molar-refractivity contribution in [3.05, 3.63) is 35.4 Å². The maximum Gasteiger partial charge on any atom is 0.416 e. The van der Waals surface area contributed by atoms with Crippen LogP contribution < -0.4 is 5.73 Å². The molecular weight excluding hydrogens is 275 g/mol. The highest BCUT2D eigenvalue weighted by molar-refractivity contribution is 7.99. The SMILES string of the molecule is CC(CCO)SCC(N)c1ccc(C(F)(F)F)cc1. The van der Waals surface area contributed by atoms with Crippen molar-refractivity contribution in [3.8, 4) is 0 Å². The van der Waals surface area contributed by atoms with E-state index in [1.165, 1.54) is 12.1 Å². The lowest BCUT2D eigenvalue weighted by Crippen LogP contribution is -2.15. The summed E-state index contributed by atoms with van der Waals surface area (Å²) in [4.78, 5) is 0. The lowest BCUT2D eigenvalue weighted by atomic mass is 10.1. The van der Waals surface area contributed by atoms with Gasteiger partial charge in [0.1, 0.15) is 0 Å². The summed E-state index contributed by atoms with van der Waals surface area (Å²) in [6.45, 7) is 2.12. The van der Waals surface area contributed by atoms with Gasteiger partial charge in [-0.25, -0.2) is 0 Å². The fourth-order valence-corrected chi connectivity index (χ4v) is 2.55. The van der Waals surface area contributed by atoms with Crippen molar-refractivity contribution in [2.75, 3.05) is 12.4 Å². The molecule has 2 atom stereocenters. The van der Waals surface area contributed by atoms with Gasteiger partial charge in [0.15, 0.2) is 0 Å². The molecule has 0 fully saturated rings. The van der Waals surface area contributed by atoms with E-state index in [1.807, 2.05) is 6.92 Å². The van der Waals surface area contributed by atoms with E-state index >= 15 is 0 Å². The third-order valence-electron chi connectivity index (χ3n) is 2.76. The van der Waals surface area contributed by atoms with Gasteiger partial charge >= 0.3 is 6.18 Å². The van der Waals surface area contributed by atoms with Crippen molar-refractivity contribution in [1.82, 2.24) is 0 Å². The summed E-state index contributed by atoms with van der Waals surface area (Å²) in [5.41, 5.74) is 5.96. The minimum Gasteiger partial charge on any atom is -0.396 e. The van der Waals surface area contributed by atoms with E-state index < -0.39 is 11.7 Å². The van der Waals surface area contributed by atoms with Gasteiger partial charge in [-0.3, -0.25) is 0 Å². The fraction of sp³-hybridized carbons (Fsp3) is 0.538. The van der Waals surface area contributed by atoms with Crippen molar-refractivity contribution < 1.29 is 18.3 Å². The van der Waals surface area contributed by atoms with Crippen molar-refractivity contribution in [3.63, 3.8) is 0 Å². The van der Waals surface area contributed by atoms with Crippen LogP contribution in [0, 0.1) is 0 Å². The van der Waals surface area contributed by atoms with Gasteiger partial charge in [-0.15, -0.1) is 0 Å². The van der Waals surface area contributed by atoms with E-state index in [4.69, 9.17) is 10.8 Å². The van der Waals surface area contributed by atoms with E-state index in [1.54, 1.807) is 11.8 Å². The average Bonchev–Trinajstić information content (AvgIpc) is 2.35. The Bertz CT molecular complexity index is 380. The Balaban J connectivity index is 2.56. The fourth-order valence-electron chi connectivity index (χ4n) is 1.55. The van der Waals surface area contributed by atoms with Crippen molar-refractivity contribution >= 4 is 11.8 Å². The minimum absolute atomic E-state index is 0.129. The zero-order valence-electron chi connectivity index (χ0n) is 10.7. The molecule has 0 aromatic heterocycles. The molecule has 0 saturated heterocycles. The van der Waals surface area contributed by atoms with Crippen LogP contribution in [-0.4, -0.2) is 22.7 Å². The second-order valence-electron chi connectivity index (χ2n) is 4.38. The van der Waals surface area contributed by atoms with Crippen LogP contribution in [0.5, 0.6) is 0 Å². The molecule has 0 heterocycles. The number of thioether (sulfide) groups is 1. The molecule has 3 N–H and O–H groups in total. The molecule has 0 aliphatic carbocycles. The summed E-state index contributed by atoms with van der Waals surface area (Å²) in [6.07, 6.45) is -3.63. The highest BCUT2D eigenvalue weighted by Gasteiger charge is 2.30. The van der Waals surface area contributed by atoms with Crippen LogP contribution in [0.25, 0.3) is 0 Å². The number of hydrogen-bond acceptors (Lipinski definition) is 3. The molecule has 6 heteroatoms. The van der Waals surface area contributed by atoms with Gasteiger partial charge in [-0.05, 0) is 24.1 Å². The van der Waals surface area contributed by atoms with Gasteiger partial charge in [-0.2, -0.15) is 24.9 Å². The molecule has 0 saturated carbocycles. The van der Waals surface area contributed by atoms with E-state index in [0.29, 0.717) is 17.7 Å². The van der Waals surface area contributed by atoms with Gasteiger partial charge in [0.05, 0.1) is 5.56 Å². The topological polar surface area (TPSA) is 46.2 Å². The number of alkyl halides is 3. The van der Waals surface area contributed by atoms with Gasteiger partial charge in [0.2, 0.25) is 0 Å². The Labute approximate surface area is 115 Å². The Morgan fingerprint density at radius 1 is 1.26 bits per heavy atom. The predicted molar refractivity (Wildman–Crippen MR) is 72.0 cm³/mol. The molecule has 108 valence electrons. The second-order valence-corrected chi connectivity index (χ2v) is 5.85. The van der Waals surface area contributed by atoms with Crippen molar-refractivity contribution in [2.45, 2.75) is 30.8 Å². The number of nitrogens with two attached hydrogens (primary N) is 1. The van der Waals surface area contributed by atoms with E-state index in [0.717, 1.165) is 12.1 Å². The van der Waals surface area contributed by atoms with Crippen LogP contribution >= 0.6 is 11.8 Å². The Morgan fingerprint density at radius 3 is 2.32 bits per heavy atom. The monoisotopic (exact) mass is 293 g/mol. The zero-order valence-corrected chi connectivity index (χ0v) is 11.5. The smallest absolute Gasteiger partial charge is 0.396 e. The number of benzene rings is 1. The van der Waals surface area contributed by atoms with Crippen LogP contribution in [0.15, 0.2) is 24.3 Å². The largest absolute Gasteiger partial charge is 0.416 e. The molecule has 0 amide bonds. The maximum absolute atomic E-state index is 12.4. The molecule has 0 spiro atoms. The third-order valence-corrected chi connectivity index (χ3v) is 4.12. The standard InChI is InChI=1S/C13H18F3NOS/c1-9(6-7-18)19-8-12(17)10-2-4-11(5-3-10)13(14,15)16/h2-5,9,12,18H,6-8,17H2,1H3. The van der Waals surface area contributed by atoms with Crippen molar-refractivity contribution in [1.29, 1.82) is 0 Å². The summed E-state index contributed by atoms with van der Waals surface area (Å²) in [5.74, 6) is 0.618. The first-order valence-electron chi connectivity index (χ1n) is 5.99. The van der Waals surface area contributed by atoms with Crippen LogP contribution in [0.2, 0.25) is 0 Å². The summed E-state index contributed by atoms with van der Waals surface area (Å²) >= 11 is 1.61. The number of halogens is 3. The zero-order chi connectivity index (χ0) is 14.5. The highest BCUT2D eigenvalue weighted by Crippen LogP contribution is 2.30. The Hall–Kier alpha value is -0.720. The summed E-state index contributed by atoms with van der Waals surface area (Å²) < 4.78 is 37.2. The van der Waals surface area contributed by atoms with Crippen LogP contribution in [0.4, 0.5) is 13.2 Å². The first-order chi connectivity index (χ1) is 8.84. The third kappa shape index (κ3) is 5.42. The lowest BCUT2D eigenvalue weighted by molar-refractivity contribution is -0.137. The lowest BCUT2D eigenvalue weighted by Gasteiger charge is -2.16. The summed E-state index contributed by atoms with van der Waals surface area (Å²) in [6, 6.07) is 4.65. The number of rotatable bonds is 6. The van der Waals surface area contributed by atoms with Crippen LogP contribution in [0.3, 0.4) is 0 Å². The number of aliphatic hydroxyl groups excluding tert-OH is 1. The Morgan fingerprint density at radius 2 is 1.84 bits per heavy atom. The number of hydrogen-bond donors (Lipinski definition) is 2. The molecule has 2 nitrogen and oxygen atoms in total. The highest BCUT2D eigenvalue weighted by atomic mass is 32.2. The van der Waals surface area contributed by atoms with Gasteiger partial charge in [0, 0.05) is 23.7 Å². The van der Waals surface area contributed by atoms with E-state index in [-0.39, 0.29) is 17.9 Å². The molecule has 1 aromatic rings. The molecule has 1 rings (SSSR count).